The summed E-state index contributed by atoms with van der Waals surface area (Å²) in [5, 5.41) is 14.7. The Bertz CT molecular complexity index is 824. The number of thiophene rings is 1. The van der Waals surface area contributed by atoms with Crippen molar-refractivity contribution in [1.29, 1.82) is 0 Å². The highest BCUT2D eigenvalue weighted by molar-refractivity contribution is 14.1. The lowest BCUT2D eigenvalue weighted by molar-refractivity contribution is 0.0557. The summed E-state index contributed by atoms with van der Waals surface area (Å²) in [7, 11) is 0. The maximum absolute atomic E-state index is 12.3. The van der Waals surface area contributed by atoms with Gasteiger partial charge in [0.15, 0.2) is 0 Å². The van der Waals surface area contributed by atoms with E-state index in [-0.39, 0.29) is 12.5 Å². The Kier molecular flexibility index (Phi) is 4.70. The maximum Gasteiger partial charge on any atom is 0.252 e. The molecule has 0 aliphatic rings. The Balaban J connectivity index is 1.76. The quantitative estimate of drug-likeness (QED) is 0.603. The van der Waals surface area contributed by atoms with E-state index < -0.39 is 5.60 Å². The molecule has 3 aromatic rings. The minimum Gasteiger partial charge on any atom is -0.383 e. The predicted octanol–water partition coefficient (Wildman–Crippen LogP) is 4.14. The Morgan fingerprint density at radius 1 is 1.22 bits per heavy atom. The van der Waals surface area contributed by atoms with Crippen molar-refractivity contribution in [3.05, 3.63) is 68.6 Å². The van der Waals surface area contributed by atoms with Gasteiger partial charge in [-0.05, 0) is 59.2 Å². The van der Waals surface area contributed by atoms with E-state index in [0.29, 0.717) is 5.56 Å². The second-order valence-corrected chi connectivity index (χ2v) is 7.83. The highest BCUT2D eigenvalue weighted by Crippen LogP contribution is 2.32. The van der Waals surface area contributed by atoms with Crippen molar-refractivity contribution in [3.63, 3.8) is 0 Å². The van der Waals surface area contributed by atoms with Gasteiger partial charge in [0, 0.05) is 13.1 Å². The van der Waals surface area contributed by atoms with Crippen molar-refractivity contribution < 1.29 is 9.90 Å². The zero-order valence-corrected chi connectivity index (χ0v) is 15.5. The van der Waals surface area contributed by atoms with E-state index in [1.807, 2.05) is 48.5 Å². The SMILES string of the molecule is CC(O)(CNC(=O)c1ccccc1I)c1cc2ccccc2s1. The number of rotatable bonds is 4. The van der Waals surface area contributed by atoms with Crippen molar-refractivity contribution in [2.24, 2.45) is 0 Å². The molecule has 1 unspecified atom stereocenters. The Hall–Kier alpha value is -1.44. The third-order valence-corrected chi connectivity index (χ3v) is 5.98. The van der Waals surface area contributed by atoms with Gasteiger partial charge in [0.1, 0.15) is 5.60 Å². The number of carbonyl (C=O) groups is 1. The van der Waals surface area contributed by atoms with Gasteiger partial charge >= 0.3 is 0 Å². The predicted molar refractivity (Wildman–Crippen MR) is 103 cm³/mol. The first-order valence-electron chi connectivity index (χ1n) is 7.21. The van der Waals surface area contributed by atoms with E-state index in [4.69, 9.17) is 0 Å². The molecule has 0 aliphatic heterocycles. The molecule has 0 spiro atoms. The van der Waals surface area contributed by atoms with Crippen LogP contribution < -0.4 is 5.32 Å². The molecular weight excluding hydrogens is 421 g/mol. The van der Waals surface area contributed by atoms with Crippen LogP contribution in [0.2, 0.25) is 0 Å². The number of amides is 1. The lowest BCUT2D eigenvalue weighted by Crippen LogP contribution is -2.38. The first-order chi connectivity index (χ1) is 11.0. The third-order valence-electron chi connectivity index (χ3n) is 3.67. The van der Waals surface area contributed by atoms with Gasteiger partial charge in [0.2, 0.25) is 0 Å². The number of benzene rings is 2. The van der Waals surface area contributed by atoms with Crippen LogP contribution in [0, 0.1) is 3.57 Å². The van der Waals surface area contributed by atoms with Crippen LogP contribution in [0.1, 0.15) is 22.2 Å². The molecule has 2 N–H and O–H groups in total. The molecule has 1 atom stereocenters. The monoisotopic (exact) mass is 437 g/mol. The fourth-order valence-corrected chi connectivity index (χ4v) is 4.07. The fraction of sp³-hybridized carbons (Fsp3) is 0.167. The molecule has 0 fully saturated rings. The highest BCUT2D eigenvalue weighted by atomic mass is 127. The van der Waals surface area contributed by atoms with Crippen LogP contribution in [-0.4, -0.2) is 17.6 Å². The molecule has 0 aliphatic carbocycles. The number of halogens is 1. The van der Waals surface area contributed by atoms with Crippen LogP contribution in [0.4, 0.5) is 0 Å². The molecule has 5 heteroatoms. The minimum atomic E-state index is -1.10. The number of carbonyl (C=O) groups excluding carboxylic acids is 1. The minimum absolute atomic E-state index is 0.170. The topological polar surface area (TPSA) is 49.3 Å². The number of aliphatic hydroxyl groups is 1. The smallest absolute Gasteiger partial charge is 0.252 e. The summed E-state index contributed by atoms with van der Waals surface area (Å²) in [5.74, 6) is -0.170. The van der Waals surface area contributed by atoms with Gasteiger partial charge in [-0.1, -0.05) is 30.3 Å². The summed E-state index contributed by atoms with van der Waals surface area (Å²) in [5.41, 5.74) is -0.472. The Morgan fingerprint density at radius 2 is 1.91 bits per heavy atom. The molecule has 0 saturated carbocycles. The van der Waals surface area contributed by atoms with E-state index in [1.165, 1.54) is 0 Å². The molecule has 0 bridgehead atoms. The summed E-state index contributed by atoms with van der Waals surface area (Å²) >= 11 is 3.69. The summed E-state index contributed by atoms with van der Waals surface area (Å²) in [6.07, 6.45) is 0. The molecule has 2 aromatic carbocycles. The Morgan fingerprint density at radius 3 is 2.65 bits per heavy atom. The van der Waals surface area contributed by atoms with Crippen LogP contribution >= 0.6 is 33.9 Å². The second-order valence-electron chi connectivity index (χ2n) is 5.58. The lowest BCUT2D eigenvalue weighted by atomic mass is 10.0. The molecule has 1 heterocycles. The summed E-state index contributed by atoms with van der Waals surface area (Å²) < 4.78 is 2.02. The summed E-state index contributed by atoms with van der Waals surface area (Å²) in [6, 6.07) is 17.4. The van der Waals surface area contributed by atoms with Crippen LogP contribution in [0.5, 0.6) is 0 Å². The number of fused-ring (bicyclic) bond motifs is 1. The fourth-order valence-electron chi connectivity index (χ4n) is 2.33. The maximum atomic E-state index is 12.3. The molecule has 1 aromatic heterocycles. The molecule has 0 radical (unpaired) electrons. The largest absolute Gasteiger partial charge is 0.383 e. The van der Waals surface area contributed by atoms with Gasteiger partial charge in [0.25, 0.3) is 5.91 Å². The van der Waals surface area contributed by atoms with E-state index in [9.17, 15) is 9.90 Å². The molecule has 1 amide bonds. The van der Waals surface area contributed by atoms with Gasteiger partial charge in [0.05, 0.1) is 12.1 Å². The number of hydrogen-bond donors (Lipinski definition) is 2. The van der Waals surface area contributed by atoms with E-state index >= 15 is 0 Å². The third kappa shape index (κ3) is 3.57. The molecule has 23 heavy (non-hydrogen) atoms. The van der Waals surface area contributed by atoms with Gasteiger partial charge in [-0.25, -0.2) is 0 Å². The van der Waals surface area contributed by atoms with Crippen LogP contribution in [0.3, 0.4) is 0 Å². The average Bonchev–Trinajstić information content (AvgIpc) is 2.98. The first kappa shape index (κ1) is 16.4. The van der Waals surface area contributed by atoms with Gasteiger partial charge in [-0.2, -0.15) is 0 Å². The van der Waals surface area contributed by atoms with Gasteiger partial charge < -0.3 is 10.4 Å². The molecule has 3 nitrogen and oxygen atoms in total. The van der Waals surface area contributed by atoms with E-state index in [2.05, 4.69) is 27.9 Å². The van der Waals surface area contributed by atoms with Gasteiger partial charge in [-0.3, -0.25) is 4.79 Å². The normalized spacial score (nSPS) is 13.7. The number of hydrogen-bond acceptors (Lipinski definition) is 3. The summed E-state index contributed by atoms with van der Waals surface area (Å²) in [6.45, 7) is 1.90. The van der Waals surface area contributed by atoms with E-state index in [0.717, 1.165) is 18.5 Å². The van der Waals surface area contributed by atoms with Crippen molar-refractivity contribution >= 4 is 49.9 Å². The van der Waals surface area contributed by atoms with Crippen molar-refractivity contribution in [2.45, 2.75) is 12.5 Å². The van der Waals surface area contributed by atoms with Crippen molar-refractivity contribution in [1.82, 2.24) is 5.32 Å². The Labute approximate surface area is 152 Å². The standard InChI is InChI=1S/C18H16INO2S/c1-18(22,16-10-12-6-2-5-9-15(12)23-16)11-20-17(21)13-7-3-4-8-14(13)19/h2-10,22H,11H2,1H3,(H,20,21). The zero-order chi connectivity index (χ0) is 16.4. The molecule has 118 valence electrons. The first-order valence-corrected chi connectivity index (χ1v) is 9.11. The molecular formula is C18H16INO2S. The van der Waals surface area contributed by atoms with Crippen molar-refractivity contribution in [3.8, 4) is 0 Å². The van der Waals surface area contributed by atoms with Crippen molar-refractivity contribution in [2.75, 3.05) is 6.54 Å². The van der Waals surface area contributed by atoms with Crippen LogP contribution in [0.25, 0.3) is 10.1 Å². The van der Waals surface area contributed by atoms with Crippen LogP contribution in [-0.2, 0) is 5.60 Å². The second kappa shape index (κ2) is 6.59. The summed E-state index contributed by atoms with van der Waals surface area (Å²) in [4.78, 5) is 13.1. The molecule has 3 rings (SSSR count). The number of nitrogens with one attached hydrogen (secondary N) is 1. The molecule has 0 saturated heterocycles. The highest BCUT2D eigenvalue weighted by Gasteiger charge is 2.26. The zero-order valence-electron chi connectivity index (χ0n) is 12.5. The van der Waals surface area contributed by atoms with Gasteiger partial charge in [-0.15, -0.1) is 11.3 Å². The average molecular weight is 437 g/mol. The van der Waals surface area contributed by atoms with Crippen LogP contribution in [0.15, 0.2) is 54.6 Å². The lowest BCUT2D eigenvalue weighted by Gasteiger charge is -2.22. The van der Waals surface area contributed by atoms with E-state index in [1.54, 1.807) is 24.3 Å².